The van der Waals surface area contributed by atoms with Crippen LogP contribution in [0.15, 0.2) is 18.2 Å². The standard InChI is InChI=1S/C12H13IN2O6/c1-12(19,5-10(16)17)6-14-11(18)8-4-7(15(20)21)2-3-9(8)13/h2-4,19H,5-6H2,1H3,(H,14,18)(H,16,17). The van der Waals surface area contributed by atoms with Gasteiger partial charge in [-0.3, -0.25) is 19.7 Å². The van der Waals surface area contributed by atoms with Gasteiger partial charge in [0.1, 0.15) is 0 Å². The first-order valence-electron chi connectivity index (χ1n) is 5.79. The summed E-state index contributed by atoms with van der Waals surface area (Å²) in [6, 6.07) is 3.84. The molecule has 0 saturated carbocycles. The number of carboxylic acids is 1. The normalized spacial score (nSPS) is 13.3. The van der Waals surface area contributed by atoms with Crippen LogP contribution in [-0.4, -0.2) is 39.2 Å². The summed E-state index contributed by atoms with van der Waals surface area (Å²) in [5, 5.41) is 31.5. The molecular formula is C12H13IN2O6. The summed E-state index contributed by atoms with van der Waals surface area (Å²) in [5.41, 5.74) is -1.73. The van der Waals surface area contributed by atoms with Crippen molar-refractivity contribution in [3.05, 3.63) is 37.4 Å². The Morgan fingerprint density at radius 2 is 2.10 bits per heavy atom. The molecule has 0 radical (unpaired) electrons. The van der Waals surface area contributed by atoms with Crippen LogP contribution in [-0.2, 0) is 4.79 Å². The number of benzene rings is 1. The Labute approximate surface area is 133 Å². The van der Waals surface area contributed by atoms with Gasteiger partial charge in [-0.1, -0.05) is 0 Å². The quantitative estimate of drug-likeness (QED) is 0.368. The third kappa shape index (κ3) is 5.27. The summed E-state index contributed by atoms with van der Waals surface area (Å²) >= 11 is 1.86. The van der Waals surface area contributed by atoms with E-state index in [1.807, 2.05) is 22.6 Å². The Morgan fingerprint density at radius 1 is 1.48 bits per heavy atom. The molecule has 0 saturated heterocycles. The molecule has 1 rings (SSSR count). The van der Waals surface area contributed by atoms with Crippen molar-refractivity contribution in [3.63, 3.8) is 0 Å². The van der Waals surface area contributed by atoms with Gasteiger partial charge < -0.3 is 15.5 Å². The summed E-state index contributed by atoms with van der Waals surface area (Å²) in [7, 11) is 0. The van der Waals surface area contributed by atoms with Gasteiger partial charge in [0.2, 0.25) is 0 Å². The summed E-state index contributed by atoms with van der Waals surface area (Å²) in [6.45, 7) is 0.997. The highest BCUT2D eigenvalue weighted by atomic mass is 127. The largest absolute Gasteiger partial charge is 0.481 e. The van der Waals surface area contributed by atoms with Crippen LogP contribution < -0.4 is 5.32 Å². The van der Waals surface area contributed by atoms with E-state index in [9.17, 15) is 24.8 Å². The molecule has 3 N–H and O–H groups in total. The van der Waals surface area contributed by atoms with E-state index in [2.05, 4.69) is 5.32 Å². The zero-order chi connectivity index (χ0) is 16.2. The van der Waals surface area contributed by atoms with Gasteiger partial charge >= 0.3 is 5.97 Å². The molecule has 114 valence electrons. The molecule has 0 aromatic heterocycles. The van der Waals surface area contributed by atoms with Gasteiger partial charge in [-0.15, -0.1) is 0 Å². The molecular weight excluding hydrogens is 395 g/mol. The van der Waals surface area contributed by atoms with Crippen LogP contribution >= 0.6 is 22.6 Å². The van der Waals surface area contributed by atoms with E-state index in [0.717, 1.165) is 6.07 Å². The Kier molecular flexibility index (Phi) is 5.61. The molecule has 0 aliphatic carbocycles. The fourth-order valence-electron chi connectivity index (χ4n) is 1.56. The zero-order valence-electron chi connectivity index (χ0n) is 11.0. The number of nitrogens with zero attached hydrogens (tertiary/aromatic N) is 1. The Balaban J connectivity index is 2.83. The number of nitro groups is 1. The number of aliphatic hydroxyl groups is 1. The highest BCUT2D eigenvalue weighted by Crippen LogP contribution is 2.19. The smallest absolute Gasteiger partial charge is 0.306 e. The number of carbonyl (C=O) groups is 2. The third-order valence-corrected chi connectivity index (χ3v) is 3.51. The molecule has 0 aliphatic rings. The summed E-state index contributed by atoms with van der Waals surface area (Å²) < 4.78 is 0.508. The van der Waals surface area contributed by atoms with Crippen LogP contribution in [0.3, 0.4) is 0 Å². The first-order chi connectivity index (χ1) is 9.62. The van der Waals surface area contributed by atoms with Gasteiger partial charge in [-0.05, 0) is 35.6 Å². The molecule has 1 atom stereocenters. The van der Waals surface area contributed by atoms with Crippen molar-refractivity contribution in [2.24, 2.45) is 0 Å². The maximum atomic E-state index is 12.0. The topological polar surface area (TPSA) is 130 Å². The highest BCUT2D eigenvalue weighted by Gasteiger charge is 2.25. The molecule has 1 amide bonds. The van der Waals surface area contributed by atoms with Gasteiger partial charge in [0, 0.05) is 22.2 Å². The van der Waals surface area contributed by atoms with Crippen molar-refractivity contribution in [2.75, 3.05) is 6.54 Å². The maximum Gasteiger partial charge on any atom is 0.306 e. The van der Waals surface area contributed by atoms with Crippen molar-refractivity contribution in [1.29, 1.82) is 0 Å². The molecule has 0 heterocycles. The van der Waals surface area contributed by atoms with Crippen molar-refractivity contribution in [1.82, 2.24) is 5.32 Å². The molecule has 0 aliphatic heterocycles. The second-order valence-electron chi connectivity index (χ2n) is 4.67. The van der Waals surface area contributed by atoms with Crippen LogP contribution in [0.1, 0.15) is 23.7 Å². The highest BCUT2D eigenvalue weighted by molar-refractivity contribution is 14.1. The molecule has 21 heavy (non-hydrogen) atoms. The number of carboxylic acid groups (broad SMARTS) is 1. The number of rotatable bonds is 6. The molecule has 1 unspecified atom stereocenters. The number of carbonyl (C=O) groups excluding carboxylic acids is 1. The van der Waals surface area contributed by atoms with Crippen molar-refractivity contribution in [2.45, 2.75) is 18.9 Å². The van der Waals surface area contributed by atoms with Gasteiger partial charge in [0.05, 0.1) is 22.5 Å². The first kappa shape index (κ1) is 17.3. The predicted molar refractivity (Wildman–Crippen MR) is 81.0 cm³/mol. The average molecular weight is 408 g/mol. The minimum atomic E-state index is -1.60. The summed E-state index contributed by atoms with van der Waals surface area (Å²) in [5.74, 6) is -1.81. The molecule has 9 heteroatoms. The van der Waals surface area contributed by atoms with Crippen molar-refractivity contribution in [3.8, 4) is 0 Å². The van der Waals surface area contributed by atoms with Gasteiger partial charge in [-0.25, -0.2) is 0 Å². The second-order valence-corrected chi connectivity index (χ2v) is 5.83. The van der Waals surface area contributed by atoms with Crippen LogP contribution in [0, 0.1) is 13.7 Å². The molecule has 0 bridgehead atoms. The number of halogens is 1. The number of nitro benzene ring substituents is 1. The molecule has 8 nitrogen and oxygen atoms in total. The second kappa shape index (κ2) is 6.80. The van der Waals surface area contributed by atoms with E-state index in [1.54, 1.807) is 0 Å². The van der Waals surface area contributed by atoms with E-state index in [0.29, 0.717) is 3.57 Å². The van der Waals surface area contributed by atoms with Crippen LogP contribution in [0.25, 0.3) is 0 Å². The van der Waals surface area contributed by atoms with E-state index < -0.39 is 28.8 Å². The SMILES string of the molecule is CC(O)(CNC(=O)c1cc([N+](=O)[O-])ccc1I)CC(=O)O. The lowest BCUT2D eigenvalue weighted by Crippen LogP contribution is -2.42. The summed E-state index contributed by atoms with van der Waals surface area (Å²) in [6.07, 6.45) is -0.528. The predicted octanol–water partition coefficient (Wildman–Crippen LogP) is 1.15. The minimum absolute atomic E-state index is 0.0934. The molecule has 1 aromatic carbocycles. The average Bonchev–Trinajstić information content (AvgIpc) is 2.34. The Hall–Kier alpha value is -1.75. The lowest BCUT2D eigenvalue weighted by Gasteiger charge is -2.21. The zero-order valence-corrected chi connectivity index (χ0v) is 13.2. The fourth-order valence-corrected chi connectivity index (χ4v) is 2.14. The van der Waals surface area contributed by atoms with Gasteiger partial charge in [0.15, 0.2) is 0 Å². The van der Waals surface area contributed by atoms with E-state index in [4.69, 9.17) is 5.11 Å². The van der Waals surface area contributed by atoms with Crippen molar-refractivity contribution < 1.29 is 24.7 Å². The fraction of sp³-hybridized carbons (Fsp3) is 0.333. The number of amides is 1. The van der Waals surface area contributed by atoms with Crippen LogP contribution in [0.4, 0.5) is 5.69 Å². The number of hydrogen-bond donors (Lipinski definition) is 3. The first-order valence-corrected chi connectivity index (χ1v) is 6.86. The van der Waals surface area contributed by atoms with E-state index in [-0.39, 0.29) is 17.8 Å². The van der Waals surface area contributed by atoms with E-state index >= 15 is 0 Å². The lowest BCUT2D eigenvalue weighted by atomic mass is 10.0. The number of non-ortho nitro benzene ring substituents is 1. The monoisotopic (exact) mass is 408 g/mol. The number of nitrogens with one attached hydrogen (secondary N) is 1. The number of aliphatic carboxylic acids is 1. The van der Waals surface area contributed by atoms with Crippen molar-refractivity contribution >= 4 is 40.2 Å². The van der Waals surface area contributed by atoms with E-state index in [1.165, 1.54) is 19.1 Å². The Morgan fingerprint density at radius 3 is 2.62 bits per heavy atom. The third-order valence-electron chi connectivity index (χ3n) is 2.57. The molecule has 1 aromatic rings. The molecule has 0 spiro atoms. The van der Waals surface area contributed by atoms with Crippen LogP contribution in [0.2, 0.25) is 0 Å². The summed E-state index contributed by atoms with van der Waals surface area (Å²) in [4.78, 5) is 32.6. The lowest BCUT2D eigenvalue weighted by molar-refractivity contribution is -0.384. The number of hydrogen-bond acceptors (Lipinski definition) is 5. The van der Waals surface area contributed by atoms with Gasteiger partial charge in [0.25, 0.3) is 11.6 Å². The van der Waals surface area contributed by atoms with Gasteiger partial charge in [-0.2, -0.15) is 0 Å². The minimum Gasteiger partial charge on any atom is -0.481 e. The maximum absolute atomic E-state index is 12.0. The van der Waals surface area contributed by atoms with Crippen LogP contribution in [0.5, 0.6) is 0 Å². The molecule has 0 fully saturated rings. The Bertz CT molecular complexity index is 587.